The Bertz CT molecular complexity index is 254. The van der Waals surface area contributed by atoms with Crippen molar-refractivity contribution >= 4 is 0 Å². The summed E-state index contributed by atoms with van der Waals surface area (Å²) in [5, 5.41) is 0. The fourth-order valence-corrected chi connectivity index (χ4v) is 0.705. The average Bonchev–Trinajstić information content (AvgIpc) is 2.03. The van der Waals surface area contributed by atoms with E-state index in [-0.39, 0.29) is 5.83 Å². The van der Waals surface area contributed by atoms with E-state index in [0.29, 0.717) is 5.57 Å². The highest BCUT2D eigenvalue weighted by Gasteiger charge is 1.94. The molecule has 0 aromatic heterocycles. The Morgan fingerprint density at radius 1 is 1.42 bits per heavy atom. The molecule has 0 atom stereocenters. The lowest BCUT2D eigenvalue weighted by atomic mass is 10.1. The molecule has 0 aromatic carbocycles. The minimum Gasteiger partial charge on any atom is -0.211 e. The second-order valence-electron chi connectivity index (χ2n) is 2.67. The Morgan fingerprint density at radius 2 is 2.00 bits per heavy atom. The molecule has 66 valence electrons. The Balaban J connectivity index is 4.77. The first-order valence-corrected chi connectivity index (χ1v) is 4.08. The molecular formula is C11H15F. The molecule has 0 spiro atoms. The van der Waals surface area contributed by atoms with Gasteiger partial charge in [-0.15, -0.1) is 5.92 Å². The molecule has 0 saturated carbocycles. The molecule has 0 aliphatic rings. The third kappa shape index (κ3) is 3.98. The van der Waals surface area contributed by atoms with Crippen LogP contribution in [-0.2, 0) is 0 Å². The second kappa shape index (κ2) is 5.60. The van der Waals surface area contributed by atoms with Gasteiger partial charge in [0, 0.05) is 0 Å². The fraction of sp³-hybridized carbons (Fsp3) is 0.455. The smallest absolute Gasteiger partial charge is 0.112 e. The molecule has 0 aliphatic heterocycles. The molecular weight excluding hydrogens is 151 g/mol. The van der Waals surface area contributed by atoms with Gasteiger partial charge in [-0.2, -0.15) is 0 Å². The summed E-state index contributed by atoms with van der Waals surface area (Å²) < 4.78 is 12.8. The first kappa shape index (κ1) is 11.0. The summed E-state index contributed by atoms with van der Waals surface area (Å²) in [6.45, 7) is 7.15. The van der Waals surface area contributed by atoms with Gasteiger partial charge in [-0.1, -0.05) is 18.4 Å². The maximum Gasteiger partial charge on any atom is 0.112 e. The van der Waals surface area contributed by atoms with Crippen LogP contribution in [0.3, 0.4) is 0 Å². The summed E-state index contributed by atoms with van der Waals surface area (Å²) >= 11 is 0. The fourth-order valence-electron chi connectivity index (χ4n) is 0.705. The molecule has 0 unspecified atom stereocenters. The van der Waals surface area contributed by atoms with Crippen LogP contribution < -0.4 is 0 Å². The van der Waals surface area contributed by atoms with Crippen molar-refractivity contribution in [3.63, 3.8) is 0 Å². The van der Waals surface area contributed by atoms with Crippen molar-refractivity contribution in [2.45, 2.75) is 34.1 Å². The number of hydrogen-bond acceptors (Lipinski definition) is 0. The van der Waals surface area contributed by atoms with Crippen LogP contribution >= 0.6 is 0 Å². The number of halogens is 1. The van der Waals surface area contributed by atoms with Gasteiger partial charge < -0.3 is 0 Å². The summed E-state index contributed by atoms with van der Waals surface area (Å²) in [4.78, 5) is 0. The molecule has 1 heteroatoms. The van der Waals surface area contributed by atoms with Crippen molar-refractivity contribution in [1.82, 2.24) is 0 Å². The molecule has 0 rings (SSSR count). The van der Waals surface area contributed by atoms with Crippen molar-refractivity contribution in [1.29, 1.82) is 0 Å². The first-order valence-electron chi connectivity index (χ1n) is 4.08. The average molecular weight is 166 g/mol. The van der Waals surface area contributed by atoms with Gasteiger partial charge in [-0.05, 0) is 33.3 Å². The monoisotopic (exact) mass is 166 g/mol. The van der Waals surface area contributed by atoms with E-state index in [4.69, 9.17) is 0 Å². The van der Waals surface area contributed by atoms with Gasteiger partial charge in [0.05, 0.1) is 5.57 Å². The summed E-state index contributed by atoms with van der Waals surface area (Å²) in [7, 11) is 0. The van der Waals surface area contributed by atoms with E-state index in [0.717, 1.165) is 12.0 Å². The molecule has 12 heavy (non-hydrogen) atoms. The summed E-state index contributed by atoms with van der Waals surface area (Å²) in [6.07, 6.45) is 2.73. The Kier molecular flexibility index (Phi) is 5.12. The lowest BCUT2D eigenvalue weighted by Crippen LogP contribution is -1.79. The van der Waals surface area contributed by atoms with Crippen LogP contribution in [0.2, 0.25) is 0 Å². The van der Waals surface area contributed by atoms with E-state index in [1.54, 1.807) is 13.0 Å². The van der Waals surface area contributed by atoms with Crippen LogP contribution in [0.1, 0.15) is 34.1 Å². The molecule has 0 aromatic rings. The highest BCUT2D eigenvalue weighted by Crippen LogP contribution is 2.10. The lowest BCUT2D eigenvalue weighted by Gasteiger charge is -1.95. The van der Waals surface area contributed by atoms with Crippen LogP contribution in [0.15, 0.2) is 23.0 Å². The van der Waals surface area contributed by atoms with Crippen molar-refractivity contribution in [3.8, 4) is 11.8 Å². The number of allylic oxidation sites excluding steroid dienone is 4. The van der Waals surface area contributed by atoms with Crippen molar-refractivity contribution < 1.29 is 4.39 Å². The maximum absolute atomic E-state index is 12.8. The second-order valence-corrected chi connectivity index (χ2v) is 2.67. The van der Waals surface area contributed by atoms with Gasteiger partial charge in [-0.25, -0.2) is 4.39 Å². The summed E-state index contributed by atoms with van der Waals surface area (Å²) in [5.41, 5.74) is 1.64. The third-order valence-corrected chi connectivity index (χ3v) is 1.58. The van der Waals surface area contributed by atoms with Gasteiger partial charge >= 0.3 is 0 Å². The van der Waals surface area contributed by atoms with Crippen LogP contribution in [0.4, 0.5) is 4.39 Å². The van der Waals surface area contributed by atoms with Crippen LogP contribution in [0.25, 0.3) is 0 Å². The summed E-state index contributed by atoms with van der Waals surface area (Å²) in [6, 6.07) is 0. The minimum atomic E-state index is -0.211. The minimum absolute atomic E-state index is 0.211. The maximum atomic E-state index is 12.8. The van der Waals surface area contributed by atoms with E-state index in [1.165, 1.54) is 6.92 Å². The predicted molar refractivity (Wildman–Crippen MR) is 51.3 cm³/mol. The van der Waals surface area contributed by atoms with Gasteiger partial charge in [-0.3, -0.25) is 0 Å². The molecule has 0 heterocycles. The molecule has 0 amide bonds. The van der Waals surface area contributed by atoms with Crippen molar-refractivity contribution in [2.75, 3.05) is 0 Å². The van der Waals surface area contributed by atoms with E-state index in [9.17, 15) is 4.39 Å². The molecule has 0 aliphatic carbocycles. The van der Waals surface area contributed by atoms with Gasteiger partial charge in [0.25, 0.3) is 0 Å². The zero-order valence-corrected chi connectivity index (χ0v) is 8.16. The van der Waals surface area contributed by atoms with E-state index in [1.807, 2.05) is 13.8 Å². The molecule has 0 radical (unpaired) electrons. The zero-order valence-electron chi connectivity index (χ0n) is 8.16. The van der Waals surface area contributed by atoms with E-state index in [2.05, 4.69) is 11.8 Å². The molecule has 0 bridgehead atoms. The van der Waals surface area contributed by atoms with E-state index >= 15 is 0 Å². The van der Waals surface area contributed by atoms with Gasteiger partial charge in [0.2, 0.25) is 0 Å². The Hall–Kier alpha value is -1.03. The van der Waals surface area contributed by atoms with Crippen LogP contribution in [0, 0.1) is 11.8 Å². The number of hydrogen-bond donors (Lipinski definition) is 0. The third-order valence-electron chi connectivity index (χ3n) is 1.58. The van der Waals surface area contributed by atoms with Crippen LogP contribution in [0.5, 0.6) is 0 Å². The highest BCUT2D eigenvalue weighted by molar-refractivity contribution is 5.40. The molecule has 0 nitrogen and oxygen atoms in total. The van der Waals surface area contributed by atoms with Gasteiger partial charge in [0.15, 0.2) is 0 Å². The summed E-state index contributed by atoms with van der Waals surface area (Å²) in [5.74, 6) is 5.20. The molecule has 0 N–H and O–H groups in total. The standard InChI is InChI=1S/C11H15F/c1-5-7-11(10(4)12)8-9(3)6-2/h8H,6H2,1-4H3/b9-8+,11-10+. The normalized spacial score (nSPS) is 13.2. The largest absolute Gasteiger partial charge is 0.211 e. The predicted octanol–water partition coefficient (Wildman–Crippen LogP) is 3.61. The number of rotatable bonds is 2. The van der Waals surface area contributed by atoms with Crippen molar-refractivity contribution in [2.24, 2.45) is 0 Å². The highest BCUT2D eigenvalue weighted by atomic mass is 19.1. The lowest BCUT2D eigenvalue weighted by molar-refractivity contribution is 0.635. The SMILES string of the molecule is CC#CC(/C=C(\C)CC)=C(/C)F. The van der Waals surface area contributed by atoms with Gasteiger partial charge in [0.1, 0.15) is 5.83 Å². The van der Waals surface area contributed by atoms with Crippen LogP contribution in [-0.4, -0.2) is 0 Å². The first-order chi connectivity index (χ1) is 5.61. The molecule has 0 saturated heterocycles. The Labute approximate surface area is 74.2 Å². The quantitative estimate of drug-likeness (QED) is 0.434. The van der Waals surface area contributed by atoms with E-state index < -0.39 is 0 Å². The van der Waals surface area contributed by atoms with Crippen molar-refractivity contribution in [3.05, 3.63) is 23.0 Å². The Morgan fingerprint density at radius 3 is 2.33 bits per heavy atom. The zero-order chi connectivity index (χ0) is 9.56. The topological polar surface area (TPSA) is 0 Å². The molecule has 0 fully saturated rings.